The lowest BCUT2D eigenvalue weighted by Crippen LogP contribution is -2.15. The summed E-state index contributed by atoms with van der Waals surface area (Å²) in [6, 6.07) is 20.8. The Morgan fingerprint density at radius 2 is 1.45 bits per heavy atom. The predicted octanol–water partition coefficient (Wildman–Crippen LogP) is 5.82. The Bertz CT molecular complexity index is 1100. The summed E-state index contributed by atoms with van der Waals surface area (Å²) in [6.45, 7) is 1.63. The zero-order chi connectivity index (χ0) is 23.6. The fourth-order valence-electron chi connectivity index (χ4n) is 2.90. The first-order valence-corrected chi connectivity index (χ1v) is 11.3. The van der Waals surface area contributed by atoms with Crippen LogP contribution in [0.2, 0.25) is 0 Å². The minimum atomic E-state index is -0.559. The number of nitrogens with one attached hydrogen (secondary N) is 1. The average molecular weight is 466 g/mol. The van der Waals surface area contributed by atoms with Crippen molar-refractivity contribution in [1.29, 1.82) is 0 Å². The first-order chi connectivity index (χ1) is 15.9. The van der Waals surface area contributed by atoms with E-state index in [9.17, 15) is 18.8 Å². The van der Waals surface area contributed by atoms with Gasteiger partial charge in [0.1, 0.15) is 5.82 Å². The number of esters is 1. The van der Waals surface area contributed by atoms with Crippen LogP contribution in [0.15, 0.2) is 82.6 Å². The lowest BCUT2D eigenvalue weighted by atomic mass is 10.1. The lowest BCUT2D eigenvalue weighted by Gasteiger charge is -2.07. The number of ether oxygens (including phenoxy) is 1. The van der Waals surface area contributed by atoms with Gasteiger partial charge < -0.3 is 10.1 Å². The molecule has 0 saturated carbocycles. The van der Waals surface area contributed by atoms with Gasteiger partial charge in [0.05, 0.1) is 0 Å². The number of anilines is 1. The summed E-state index contributed by atoms with van der Waals surface area (Å²) < 4.78 is 17.8. The molecule has 1 amide bonds. The molecule has 170 valence electrons. The van der Waals surface area contributed by atoms with Gasteiger partial charge in [-0.2, -0.15) is 0 Å². The Morgan fingerprint density at radius 1 is 0.848 bits per heavy atom. The van der Waals surface area contributed by atoms with E-state index in [1.807, 2.05) is 31.2 Å². The highest BCUT2D eigenvalue weighted by molar-refractivity contribution is 7.99. The highest BCUT2D eigenvalue weighted by Crippen LogP contribution is 2.28. The van der Waals surface area contributed by atoms with Crippen molar-refractivity contribution in [2.24, 2.45) is 0 Å². The maximum atomic E-state index is 12.9. The number of hydrogen-bond donors (Lipinski definition) is 1. The number of aryl methyl sites for hydroxylation is 1. The number of carbonyl (C=O) groups is 3. The predicted molar refractivity (Wildman–Crippen MR) is 126 cm³/mol. The third-order valence-electron chi connectivity index (χ3n) is 4.71. The van der Waals surface area contributed by atoms with Gasteiger partial charge in [0, 0.05) is 33.9 Å². The Kier molecular flexibility index (Phi) is 8.78. The number of ketones is 1. The molecular formula is C26H24FNO4S. The molecule has 0 aliphatic carbocycles. The van der Waals surface area contributed by atoms with Gasteiger partial charge in [-0.3, -0.25) is 14.4 Å². The summed E-state index contributed by atoms with van der Waals surface area (Å²) in [7, 11) is 0. The second kappa shape index (κ2) is 12.0. The van der Waals surface area contributed by atoms with E-state index in [1.54, 1.807) is 11.8 Å². The third-order valence-corrected chi connectivity index (χ3v) is 5.73. The fourth-order valence-corrected chi connectivity index (χ4v) is 3.72. The molecule has 0 heterocycles. The van der Waals surface area contributed by atoms with Gasteiger partial charge in [-0.15, -0.1) is 0 Å². The third kappa shape index (κ3) is 8.20. The molecule has 0 atom stereocenters. The normalized spacial score (nSPS) is 10.5. The Hall–Kier alpha value is -3.45. The quantitative estimate of drug-likeness (QED) is 0.302. The van der Waals surface area contributed by atoms with E-state index in [1.165, 1.54) is 29.8 Å². The molecule has 0 spiro atoms. The van der Waals surface area contributed by atoms with E-state index in [0.717, 1.165) is 9.79 Å². The number of hydrogen-bond acceptors (Lipinski definition) is 5. The van der Waals surface area contributed by atoms with Crippen molar-refractivity contribution < 1.29 is 23.5 Å². The average Bonchev–Trinajstić information content (AvgIpc) is 2.81. The summed E-state index contributed by atoms with van der Waals surface area (Å²) in [4.78, 5) is 38.1. The van der Waals surface area contributed by atoms with Crippen molar-refractivity contribution in [2.75, 3.05) is 11.9 Å². The number of halogens is 1. The summed E-state index contributed by atoms with van der Waals surface area (Å²) >= 11 is 1.64. The van der Waals surface area contributed by atoms with Crippen LogP contribution < -0.4 is 5.32 Å². The molecule has 0 aliphatic rings. The van der Waals surface area contributed by atoms with E-state index in [4.69, 9.17) is 4.74 Å². The van der Waals surface area contributed by atoms with Gasteiger partial charge in [0.2, 0.25) is 5.91 Å². The summed E-state index contributed by atoms with van der Waals surface area (Å²) in [5.41, 5.74) is 2.16. The maximum absolute atomic E-state index is 12.9. The van der Waals surface area contributed by atoms with E-state index >= 15 is 0 Å². The topological polar surface area (TPSA) is 72.5 Å². The van der Waals surface area contributed by atoms with Crippen LogP contribution in [0.3, 0.4) is 0 Å². The molecular weight excluding hydrogens is 441 g/mol. The van der Waals surface area contributed by atoms with Gasteiger partial charge >= 0.3 is 5.97 Å². The van der Waals surface area contributed by atoms with Crippen LogP contribution in [0.25, 0.3) is 0 Å². The van der Waals surface area contributed by atoms with Gasteiger partial charge in [-0.05, 0) is 74.0 Å². The molecule has 3 aromatic carbocycles. The standard InChI is InChI=1S/C26H24FNO4S/c1-18-5-13-22(14-6-18)33-23-15-11-21(12-16-23)28-25(30)3-2-4-26(31)32-17-24(29)19-7-9-20(27)10-8-19/h5-16H,2-4,17H2,1H3,(H,28,30). The first kappa shape index (κ1) is 24.2. The summed E-state index contributed by atoms with van der Waals surface area (Å²) in [5.74, 6) is -1.62. The molecule has 5 nitrogen and oxygen atoms in total. The number of carbonyl (C=O) groups excluding carboxylic acids is 3. The zero-order valence-corrected chi connectivity index (χ0v) is 19.0. The second-order valence-electron chi connectivity index (χ2n) is 7.43. The van der Waals surface area contributed by atoms with Crippen LogP contribution in [-0.2, 0) is 14.3 Å². The smallest absolute Gasteiger partial charge is 0.306 e. The van der Waals surface area contributed by atoms with Crippen LogP contribution in [0.5, 0.6) is 0 Å². The van der Waals surface area contributed by atoms with Gasteiger partial charge in [-0.1, -0.05) is 29.5 Å². The highest BCUT2D eigenvalue weighted by Gasteiger charge is 2.11. The molecule has 0 aliphatic heterocycles. The van der Waals surface area contributed by atoms with Gasteiger partial charge in [0.15, 0.2) is 12.4 Å². The number of amides is 1. The van der Waals surface area contributed by atoms with Crippen molar-refractivity contribution in [1.82, 2.24) is 0 Å². The molecule has 3 aromatic rings. The van der Waals surface area contributed by atoms with Crippen LogP contribution >= 0.6 is 11.8 Å². The number of Topliss-reactive ketones (excluding diaryl/α,β-unsaturated/α-hetero) is 1. The Balaban J connectivity index is 1.35. The van der Waals surface area contributed by atoms with Gasteiger partial charge in [0.25, 0.3) is 0 Å². The van der Waals surface area contributed by atoms with E-state index < -0.39 is 24.2 Å². The largest absolute Gasteiger partial charge is 0.457 e. The van der Waals surface area contributed by atoms with E-state index in [-0.39, 0.29) is 24.3 Å². The first-order valence-electron chi connectivity index (χ1n) is 10.5. The SMILES string of the molecule is Cc1ccc(Sc2ccc(NC(=O)CCCC(=O)OCC(=O)c3ccc(F)cc3)cc2)cc1. The molecule has 0 aromatic heterocycles. The van der Waals surface area contributed by atoms with E-state index in [2.05, 4.69) is 29.6 Å². The molecule has 33 heavy (non-hydrogen) atoms. The van der Waals surface area contributed by atoms with Crippen LogP contribution in [-0.4, -0.2) is 24.3 Å². The van der Waals surface area contributed by atoms with Crippen LogP contribution in [0.4, 0.5) is 10.1 Å². The molecule has 0 radical (unpaired) electrons. The van der Waals surface area contributed by atoms with Crippen molar-refractivity contribution in [3.8, 4) is 0 Å². The van der Waals surface area contributed by atoms with Crippen molar-refractivity contribution in [3.05, 3.63) is 89.7 Å². The van der Waals surface area contributed by atoms with E-state index in [0.29, 0.717) is 12.1 Å². The molecule has 0 unspecified atom stereocenters. The van der Waals surface area contributed by atoms with Crippen LogP contribution in [0, 0.1) is 12.7 Å². The molecule has 0 fully saturated rings. The fraction of sp³-hybridized carbons (Fsp3) is 0.192. The Morgan fingerprint density at radius 3 is 2.09 bits per heavy atom. The maximum Gasteiger partial charge on any atom is 0.306 e. The highest BCUT2D eigenvalue weighted by atomic mass is 32.2. The molecule has 7 heteroatoms. The monoisotopic (exact) mass is 465 g/mol. The molecule has 1 N–H and O–H groups in total. The van der Waals surface area contributed by atoms with Crippen molar-refractivity contribution in [3.63, 3.8) is 0 Å². The van der Waals surface area contributed by atoms with Crippen LogP contribution in [0.1, 0.15) is 35.2 Å². The van der Waals surface area contributed by atoms with Crippen molar-refractivity contribution >= 4 is 35.1 Å². The minimum absolute atomic E-state index is 0.0241. The number of benzene rings is 3. The van der Waals surface area contributed by atoms with Crippen molar-refractivity contribution in [2.45, 2.75) is 36.0 Å². The molecule has 0 saturated heterocycles. The second-order valence-corrected chi connectivity index (χ2v) is 8.58. The minimum Gasteiger partial charge on any atom is -0.457 e. The summed E-state index contributed by atoms with van der Waals surface area (Å²) in [6.07, 6.45) is 0.480. The lowest BCUT2D eigenvalue weighted by molar-refractivity contribution is -0.142. The molecule has 0 bridgehead atoms. The Labute approximate surface area is 196 Å². The zero-order valence-electron chi connectivity index (χ0n) is 18.2. The number of rotatable bonds is 10. The summed E-state index contributed by atoms with van der Waals surface area (Å²) in [5, 5.41) is 2.81. The molecule has 3 rings (SSSR count). The van der Waals surface area contributed by atoms with Gasteiger partial charge in [-0.25, -0.2) is 4.39 Å².